The molecule has 2 rings (SSSR count). The van der Waals surface area contributed by atoms with Gasteiger partial charge in [0, 0.05) is 26.6 Å². The molecule has 0 aliphatic heterocycles. The van der Waals surface area contributed by atoms with E-state index >= 15 is 0 Å². The van der Waals surface area contributed by atoms with Crippen molar-refractivity contribution < 1.29 is 13.9 Å². The van der Waals surface area contributed by atoms with Crippen LogP contribution in [0.3, 0.4) is 0 Å². The zero-order valence-corrected chi connectivity index (χ0v) is 16.1. The van der Waals surface area contributed by atoms with Crippen molar-refractivity contribution in [1.82, 2.24) is 30.4 Å². The summed E-state index contributed by atoms with van der Waals surface area (Å²) in [6.07, 6.45) is 1.12. The maximum absolute atomic E-state index is 13.5. The number of carbonyl (C=O) groups excluding carboxylic acids is 1. The van der Waals surface area contributed by atoms with Crippen LogP contribution in [0.15, 0.2) is 24.3 Å². The van der Waals surface area contributed by atoms with E-state index in [1.165, 1.54) is 16.8 Å². The third-order valence-electron chi connectivity index (χ3n) is 4.27. The van der Waals surface area contributed by atoms with Gasteiger partial charge in [-0.05, 0) is 55.1 Å². The Kier molecular flexibility index (Phi) is 8.28. The van der Waals surface area contributed by atoms with E-state index in [-0.39, 0.29) is 11.7 Å². The highest BCUT2D eigenvalue weighted by Gasteiger charge is 2.24. The first kappa shape index (κ1) is 20.9. The lowest BCUT2D eigenvalue weighted by molar-refractivity contribution is -0.124. The van der Waals surface area contributed by atoms with E-state index in [0.29, 0.717) is 31.0 Å². The summed E-state index contributed by atoms with van der Waals surface area (Å²) in [5, 5.41) is 14.3. The van der Waals surface area contributed by atoms with Crippen molar-refractivity contribution in [1.29, 1.82) is 0 Å². The molecule has 148 valence electrons. The van der Waals surface area contributed by atoms with E-state index in [2.05, 4.69) is 25.7 Å². The molecule has 1 amide bonds. The molecule has 0 spiro atoms. The van der Waals surface area contributed by atoms with Crippen LogP contribution in [0.2, 0.25) is 0 Å². The SMILES string of the molecule is COCCN(C)CCCNC(=O)[C@@H](Cc1cccc(F)c1)n1nnnc1C. The highest BCUT2D eigenvalue weighted by Crippen LogP contribution is 2.16. The van der Waals surface area contributed by atoms with Crippen LogP contribution in [0.25, 0.3) is 0 Å². The Morgan fingerprint density at radius 3 is 2.89 bits per heavy atom. The van der Waals surface area contributed by atoms with Crippen LogP contribution in [0.1, 0.15) is 23.9 Å². The zero-order valence-electron chi connectivity index (χ0n) is 16.1. The second-order valence-electron chi connectivity index (χ2n) is 6.46. The fraction of sp³-hybridized carbons (Fsp3) is 0.556. The lowest BCUT2D eigenvalue weighted by atomic mass is 10.0. The number of nitrogens with zero attached hydrogens (tertiary/aromatic N) is 5. The minimum atomic E-state index is -0.631. The fourth-order valence-corrected chi connectivity index (χ4v) is 2.74. The van der Waals surface area contributed by atoms with Gasteiger partial charge in [0.25, 0.3) is 0 Å². The predicted molar refractivity (Wildman–Crippen MR) is 98.7 cm³/mol. The van der Waals surface area contributed by atoms with Crippen molar-refractivity contribution in [3.8, 4) is 0 Å². The largest absolute Gasteiger partial charge is 0.383 e. The Morgan fingerprint density at radius 1 is 1.41 bits per heavy atom. The molecule has 1 aromatic heterocycles. The molecule has 0 aliphatic rings. The van der Waals surface area contributed by atoms with Gasteiger partial charge >= 0.3 is 0 Å². The highest BCUT2D eigenvalue weighted by molar-refractivity contribution is 5.80. The number of halogens is 1. The van der Waals surface area contributed by atoms with Gasteiger partial charge in [-0.1, -0.05) is 12.1 Å². The summed E-state index contributed by atoms with van der Waals surface area (Å²) in [7, 11) is 3.69. The average molecular weight is 378 g/mol. The molecular weight excluding hydrogens is 351 g/mol. The number of aryl methyl sites for hydroxylation is 1. The summed E-state index contributed by atoms with van der Waals surface area (Å²) >= 11 is 0. The number of likely N-dealkylation sites (N-methyl/N-ethyl adjacent to an activating group) is 1. The number of aromatic nitrogens is 4. The van der Waals surface area contributed by atoms with Crippen LogP contribution in [0, 0.1) is 12.7 Å². The number of rotatable bonds is 11. The Labute approximate surface area is 158 Å². The molecule has 1 aromatic carbocycles. The second-order valence-corrected chi connectivity index (χ2v) is 6.46. The van der Waals surface area contributed by atoms with Crippen LogP contribution in [-0.4, -0.2) is 71.4 Å². The summed E-state index contributed by atoms with van der Waals surface area (Å²) in [4.78, 5) is 14.9. The quantitative estimate of drug-likeness (QED) is 0.587. The number of hydrogen-bond acceptors (Lipinski definition) is 6. The van der Waals surface area contributed by atoms with Crippen LogP contribution >= 0.6 is 0 Å². The summed E-state index contributed by atoms with van der Waals surface area (Å²) in [5.74, 6) is 0.0132. The minimum Gasteiger partial charge on any atom is -0.383 e. The number of hydrogen-bond donors (Lipinski definition) is 1. The zero-order chi connectivity index (χ0) is 19.6. The van der Waals surface area contributed by atoms with E-state index in [0.717, 1.165) is 19.5 Å². The fourth-order valence-electron chi connectivity index (χ4n) is 2.74. The minimum absolute atomic E-state index is 0.186. The molecular formula is C18H27FN6O2. The first-order valence-electron chi connectivity index (χ1n) is 8.95. The normalized spacial score (nSPS) is 12.3. The number of nitrogens with one attached hydrogen (secondary N) is 1. The molecule has 2 aromatic rings. The lowest BCUT2D eigenvalue weighted by Gasteiger charge is -2.19. The van der Waals surface area contributed by atoms with Crippen molar-refractivity contribution in [2.24, 2.45) is 0 Å². The van der Waals surface area contributed by atoms with E-state index in [9.17, 15) is 9.18 Å². The van der Waals surface area contributed by atoms with E-state index in [4.69, 9.17) is 4.74 Å². The Balaban J connectivity index is 1.95. The van der Waals surface area contributed by atoms with Crippen molar-refractivity contribution in [3.05, 3.63) is 41.5 Å². The van der Waals surface area contributed by atoms with Crippen molar-refractivity contribution in [3.63, 3.8) is 0 Å². The van der Waals surface area contributed by atoms with Crippen LogP contribution in [0.5, 0.6) is 0 Å². The van der Waals surface area contributed by atoms with Gasteiger partial charge in [0.2, 0.25) is 5.91 Å². The van der Waals surface area contributed by atoms with Gasteiger partial charge in [0.1, 0.15) is 17.7 Å². The lowest BCUT2D eigenvalue weighted by Crippen LogP contribution is -2.36. The number of methoxy groups -OCH3 is 1. The first-order chi connectivity index (χ1) is 13.0. The van der Waals surface area contributed by atoms with Crippen molar-refractivity contribution in [2.45, 2.75) is 25.8 Å². The topological polar surface area (TPSA) is 85.2 Å². The molecule has 1 heterocycles. The number of carbonyl (C=O) groups is 1. The molecule has 27 heavy (non-hydrogen) atoms. The Hall–Kier alpha value is -2.39. The molecule has 1 N–H and O–H groups in total. The molecule has 0 saturated heterocycles. The molecule has 1 atom stereocenters. The van der Waals surface area contributed by atoms with Crippen LogP contribution in [0.4, 0.5) is 4.39 Å². The van der Waals surface area contributed by atoms with Crippen LogP contribution < -0.4 is 5.32 Å². The maximum atomic E-state index is 13.5. The molecule has 0 unspecified atom stereocenters. The highest BCUT2D eigenvalue weighted by atomic mass is 19.1. The van der Waals surface area contributed by atoms with Gasteiger partial charge in [0.05, 0.1) is 6.61 Å². The first-order valence-corrected chi connectivity index (χ1v) is 8.95. The second kappa shape index (κ2) is 10.7. The smallest absolute Gasteiger partial charge is 0.245 e. The Bertz CT molecular complexity index is 723. The van der Waals surface area contributed by atoms with Crippen molar-refractivity contribution >= 4 is 5.91 Å². The predicted octanol–water partition coefficient (Wildman–Crippen LogP) is 0.989. The number of tetrazole rings is 1. The number of ether oxygens (including phenoxy) is 1. The monoisotopic (exact) mass is 378 g/mol. The molecule has 9 heteroatoms. The van der Waals surface area contributed by atoms with Gasteiger partial charge < -0.3 is 15.0 Å². The number of amides is 1. The van der Waals surface area contributed by atoms with Crippen LogP contribution in [-0.2, 0) is 16.0 Å². The van der Waals surface area contributed by atoms with Crippen molar-refractivity contribution in [2.75, 3.05) is 40.4 Å². The maximum Gasteiger partial charge on any atom is 0.245 e. The number of benzene rings is 1. The standard InChI is InChI=1S/C18H27FN6O2/c1-14-21-22-23-25(14)17(13-15-6-4-7-16(19)12-15)18(26)20-8-5-9-24(2)10-11-27-3/h4,6-7,12,17H,5,8-11,13H2,1-3H3,(H,20,26)/t17-/m1/s1. The molecule has 0 saturated carbocycles. The van der Waals surface area contributed by atoms with E-state index in [1.54, 1.807) is 26.2 Å². The molecule has 0 fully saturated rings. The molecule has 8 nitrogen and oxygen atoms in total. The van der Waals surface area contributed by atoms with Gasteiger partial charge in [-0.3, -0.25) is 4.79 Å². The van der Waals surface area contributed by atoms with E-state index in [1.807, 2.05) is 7.05 Å². The molecule has 0 aliphatic carbocycles. The summed E-state index contributed by atoms with van der Waals surface area (Å²) < 4.78 is 20.0. The summed E-state index contributed by atoms with van der Waals surface area (Å²) in [6.45, 7) is 4.64. The Morgan fingerprint density at radius 2 is 2.22 bits per heavy atom. The molecule has 0 bridgehead atoms. The third-order valence-corrected chi connectivity index (χ3v) is 4.27. The average Bonchev–Trinajstić information content (AvgIpc) is 3.07. The van der Waals surface area contributed by atoms with Gasteiger partial charge in [0.15, 0.2) is 0 Å². The van der Waals surface area contributed by atoms with E-state index < -0.39 is 6.04 Å². The summed E-state index contributed by atoms with van der Waals surface area (Å²) in [6, 6.07) is 5.58. The molecule has 0 radical (unpaired) electrons. The van der Waals surface area contributed by atoms with Gasteiger partial charge in [-0.25, -0.2) is 9.07 Å². The third kappa shape index (κ3) is 6.69. The van der Waals surface area contributed by atoms with Gasteiger partial charge in [-0.15, -0.1) is 5.10 Å². The van der Waals surface area contributed by atoms with Gasteiger partial charge in [-0.2, -0.15) is 0 Å². The summed E-state index contributed by atoms with van der Waals surface area (Å²) in [5.41, 5.74) is 0.712.